The second kappa shape index (κ2) is 5.12. The molecule has 0 bridgehead atoms. The van der Waals surface area contributed by atoms with E-state index in [1.54, 1.807) is 6.92 Å². The van der Waals surface area contributed by atoms with E-state index < -0.39 is 6.23 Å². The largest absolute Gasteiger partial charge is 0.379 e. The van der Waals surface area contributed by atoms with Gasteiger partial charge >= 0.3 is 0 Å². The highest BCUT2D eigenvalue weighted by molar-refractivity contribution is 4.95. The van der Waals surface area contributed by atoms with Crippen molar-refractivity contribution in [3.8, 4) is 0 Å². The molecule has 0 saturated carbocycles. The minimum Gasteiger partial charge on any atom is -0.379 e. The van der Waals surface area contributed by atoms with Gasteiger partial charge in [0.05, 0.1) is 0 Å². The van der Waals surface area contributed by atoms with E-state index in [9.17, 15) is 0 Å². The van der Waals surface area contributed by atoms with Crippen molar-refractivity contribution >= 4 is 0 Å². The van der Waals surface area contributed by atoms with Crippen LogP contribution in [0, 0.1) is 0 Å². The maximum Gasteiger partial charge on any atom is 0.102 e. The first-order chi connectivity index (χ1) is 5.54. The Balaban J connectivity index is 4.15. The van der Waals surface area contributed by atoms with Crippen LogP contribution >= 0.6 is 0 Å². The lowest BCUT2D eigenvalue weighted by molar-refractivity contribution is 0.113. The number of nitrogens with one attached hydrogen (secondary N) is 1. The molecule has 2 N–H and O–H groups in total. The third-order valence-electron chi connectivity index (χ3n) is 1.75. The van der Waals surface area contributed by atoms with Crippen LogP contribution in [0.3, 0.4) is 0 Å². The quantitative estimate of drug-likeness (QED) is 0.469. The van der Waals surface area contributed by atoms with Gasteiger partial charge in [-0.3, -0.25) is 5.32 Å². The monoisotopic (exact) mass is 169 g/mol. The Morgan fingerprint density at radius 1 is 1.42 bits per heavy atom. The number of hydrogen-bond acceptors (Lipinski definition) is 2. The zero-order valence-electron chi connectivity index (χ0n) is 8.01. The van der Waals surface area contributed by atoms with Gasteiger partial charge in [0.25, 0.3) is 0 Å². The van der Waals surface area contributed by atoms with E-state index in [-0.39, 0.29) is 5.54 Å². The Hall–Kier alpha value is -0.600. The van der Waals surface area contributed by atoms with Crippen LogP contribution in [0.2, 0.25) is 0 Å². The first-order valence-corrected chi connectivity index (χ1v) is 4.21. The number of hydrogen-bond donors (Lipinski definition) is 2. The lowest BCUT2D eigenvalue weighted by atomic mass is 9.93. The van der Waals surface area contributed by atoms with Gasteiger partial charge in [0.2, 0.25) is 0 Å². The van der Waals surface area contributed by atoms with E-state index >= 15 is 0 Å². The molecular weight excluding hydrogens is 150 g/mol. The van der Waals surface area contributed by atoms with Crippen LogP contribution in [-0.2, 0) is 0 Å². The predicted molar refractivity (Wildman–Crippen MR) is 52.8 cm³/mol. The van der Waals surface area contributed by atoms with Crippen LogP contribution in [0.15, 0.2) is 25.3 Å². The van der Waals surface area contributed by atoms with Crippen molar-refractivity contribution in [1.82, 2.24) is 5.32 Å². The first-order valence-electron chi connectivity index (χ1n) is 4.21. The van der Waals surface area contributed by atoms with Crippen molar-refractivity contribution in [3.05, 3.63) is 25.3 Å². The SMILES string of the molecule is C=CCC(C)(CC=C)NC(C)O. The molecule has 0 spiro atoms. The topological polar surface area (TPSA) is 32.3 Å². The van der Waals surface area contributed by atoms with E-state index in [2.05, 4.69) is 18.5 Å². The molecule has 0 aliphatic carbocycles. The number of aliphatic hydroxyl groups excluding tert-OH is 1. The maximum absolute atomic E-state index is 9.16. The van der Waals surface area contributed by atoms with Crippen LogP contribution in [0.5, 0.6) is 0 Å². The van der Waals surface area contributed by atoms with Crippen molar-refractivity contribution < 1.29 is 5.11 Å². The summed E-state index contributed by atoms with van der Waals surface area (Å²) in [5.41, 5.74) is -0.113. The summed E-state index contributed by atoms with van der Waals surface area (Å²) in [7, 11) is 0. The minimum atomic E-state index is -0.491. The molecular formula is C10H19NO. The van der Waals surface area contributed by atoms with Gasteiger partial charge in [0.1, 0.15) is 6.23 Å². The van der Waals surface area contributed by atoms with Gasteiger partial charge in [0, 0.05) is 5.54 Å². The summed E-state index contributed by atoms with van der Waals surface area (Å²) in [5.74, 6) is 0. The highest BCUT2D eigenvalue weighted by Crippen LogP contribution is 2.16. The Morgan fingerprint density at radius 3 is 2.08 bits per heavy atom. The van der Waals surface area contributed by atoms with Gasteiger partial charge in [-0.05, 0) is 26.7 Å². The van der Waals surface area contributed by atoms with Gasteiger partial charge in [0.15, 0.2) is 0 Å². The normalized spacial score (nSPS) is 13.9. The Labute approximate surface area is 75.0 Å². The lowest BCUT2D eigenvalue weighted by Crippen LogP contribution is -2.46. The summed E-state index contributed by atoms with van der Waals surface area (Å²) in [6, 6.07) is 0. The summed E-state index contributed by atoms with van der Waals surface area (Å²) in [6.45, 7) is 11.1. The Morgan fingerprint density at radius 2 is 1.83 bits per heavy atom. The second-order valence-electron chi connectivity index (χ2n) is 3.37. The Bertz CT molecular complexity index is 142. The summed E-state index contributed by atoms with van der Waals surface area (Å²) in [6.07, 6.45) is 4.85. The lowest BCUT2D eigenvalue weighted by Gasteiger charge is -2.30. The molecule has 0 aromatic rings. The summed E-state index contributed by atoms with van der Waals surface area (Å²) in [4.78, 5) is 0. The molecule has 12 heavy (non-hydrogen) atoms. The van der Waals surface area contributed by atoms with E-state index in [0.717, 1.165) is 12.8 Å². The van der Waals surface area contributed by atoms with Crippen LogP contribution in [0.1, 0.15) is 26.7 Å². The molecule has 0 amide bonds. The van der Waals surface area contributed by atoms with E-state index in [1.165, 1.54) is 0 Å². The van der Waals surface area contributed by atoms with Crippen molar-refractivity contribution in [1.29, 1.82) is 0 Å². The minimum absolute atomic E-state index is 0.113. The van der Waals surface area contributed by atoms with E-state index in [0.29, 0.717) is 0 Å². The molecule has 0 fully saturated rings. The molecule has 0 saturated heterocycles. The molecule has 0 aromatic heterocycles. The third kappa shape index (κ3) is 4.31. The number of aliphatic hydroxyl groups is 1. The molecule has 0 aliphatic rings. The average molecular weight is 169 g/mol. The fourth-order valence-corrected chi connectivity index (χ4v) is 1.34. The number of rotatable bonds is 6. The second-order valence-corrected chi connectivity index (χ2v) is 3.37. The fourth-order valence-electron chi connectivity index (χ4n) is 1.34. The van der Waals surface area contributed by atoms with Crippen LogP contribution < -0.4 is 5.32 Å². The molecule has 1 atom stereocenters. The molecule has 0 aliphatic heterocycles. The first kappa shape index (κ1) is 11.4. The van der Waals surface area contributed by atoms with Gasteiger partial charge in [-0.25, -0.2) is 0 Å². The summed E-state index contributed by atoms with van der Waals surface area (Å²) in [5, 5.41) is 12.2. The zero-order valence-corrected chi connectivity index (χ0v) is 8.01. The predicted octanol–water partition coefficient (Wildman–Crippen LogP) is 1.83. The van der Waals surface area contributed by atoms with Crippen molar-refractivity contribution in [2.75, 3.05) is 0 Å². The van der Waals surface area contributed by atoms with E-state index in [1.807, 2.05) is 19.1 Å². The molecule has 0 heterocycles. The summed E-state index contributed by atoms with van der Waals surface area (Å²) < 4.78 is 0. The highest BCUT2D eigenvalue weighted by Gasteiger charge is 2.21. The van der Waals surface area contributed by atoms with Gasteiger partial charge in [-0.1, -0.05) is 12.2 Å². The molecule has 2 heteroatoms. The standard InChI is InChI=1S/C10H19NO/c1-5-7-10(4,8-6-2)11-9(3)12/h5-6,9,11-12H,1-2,7-8H2,3-4H3. The average Bonchev–Trinajstić information content (AvgIpc) is 1.85. The van der Waals surface area contributed by atoms with Crippen molar-refractivity contribution in [3.63, 3.8) is 0 Å². The molecule has 1 unspecified atom stereocenters. The van der Waals surface area contributed by atoms with Crippen molar-refractivity contribution in [2.45, 2.75) is 38.5 Å². The van der Waals surface area contributed by atoms with Gasteiger partial charge in [-0.2, -0.15) is 0 Å². The maximum atomic E-state index is 9.16. The Kier molecular flexibility index (Phi) is 4.86. The summed E-state index contributed by atoms with van der Waals surface area (Å²) >= 11 is 0. The van der Waals surface area contributed by atoms with E-state index in [4.69, 9.17) is 5.11 Å². The molecule has 0 aromatic carbocycles. The zero-order chi connectivity index (χ0) is 9.61. The molecule has 70 valence electrons. The van der Waals surface area contributed by atoms with Crippen LogP contribution in [-0.4, -0.2) is 16.9 Å². The third-order valence-corrected chi connectivity index (χ3v) is 1.75. The highest BCUT2D eigenvalue weighted by atomic mass is 16.3. The molecule has 0 rings (SSSR count). The fraction of sp³-hybridized carbons (Fsp3) is 0.600. The van der Waals surface area contributed by atoms with Gasteiger partial charge < -0.3 is 5.11 Å². The smallest absolute Gasteiger partial charge is 0.102 e. The molecule has 2 nitrogen and oxygen atoms in total. The van der Waals surface area contributed by atoms with Crippen LogP contribution in [0.25, 0.3) is 0 Å². The van der Waals surface area contributed by atoms with Gasteiger partial charge in [-0.15, -0.1) is 13.2 Å². The molecule has 0 radical (unpaired) electrons. The van der Waals surface area contributed by atoms with Crippen LogP contribution in [0.4, 0.5) is 0 Å². The van der Waals surface area contributed by atoms with Crippen molar-refractivity contribution in [2.24, 2.45) is 0 Å².